The molecule has 17 heavy (non-hydrogen) atoms. The Bertz CT molecular complexity index is 203. The molecule has 0 aromatic carbocycles. The van der Waals surface area contributed by atoms with Crippen LogP contribution >= 0.6 is 0 Å². The fourth-order valence-corrected chi connectivity index (χ4v) is 3.26. The first-order valence-corrected chi connectivity index (χ1v) is 7.57. The number of piperidine rings is 1. The van der Waals surface area contributed by atoms with Crippen molar-refractivity contribution in [2.45, 2.75) is 66.0 Å². The second-order valence-corrected chi connectivity index (χ2v) is 6.04. The minimum atomic E-state index is 0.746. The van der Waals surface area contributed by atoms with Crippen LogP contribution in [0.1, 0.15) is 53.9 Å². The third kappa shape index (κ3) is 4.26. The van der Waals surface area contributed by atoms with Crippen molar-refractivity contribution in [3.05, 3.63) is 0 Å². The smallest absolute Gasteiger partial charge is 0.0117 e. The highest BCUT2D eigenvalue weighted by Crippen LogP contribution is 2.23. The Labute approximate surface area is 108 Å². The molecule has 3 unspecified atom stereocenters. The third-order valence-corrected chi connectivity index (χ3v) is 4.25. The van der Waals surface area contributed by atoms with Crippen molar-refractivity contribution in [2.75, 3.05) is 19.6 Å². The van der Waals surface area contributed by atoms with E-state index in [0.29, 0.717) is 0 Å². The Kier molecular flexibility index (Phi) is 6.50. The van der Waals surface area contributed by atoms with Crippen molar-refractivity contribution in [1.82, 2.24) is 10.2 Å². The second kappa shape index (κ2) is 7.38. The molecule has 0 bridgehead atoms. The van der Waals surface area contributed by atoms with Crippen LogP contribution in [0.3, 0.4) is 0 Å². The molecule has 0 aliphatic carbocycles. The predicted octanol–water partition coefficient (Wildman–Crippen LogP) is 3.13. The second-order valence-electron chi connectivity index (χ2n) is 6.04. The lowest BCUT2D eigenvalue weighted by atomic mass is 9.90. The average Bonchev–Trinajstić information content (AvgIpc) is 2.28. The molecule has 1 aliphatic heterocycles. The first-order chi connectivity index (χ1) is 8.10. The topological polar surface area (TPSA) is 15.3 Å². The first kappa shape index (κ1) is 15.0. The summed E-state index contributed by atoms with van der Waals surface area (Å²) in [4.78, 5) is 2.72. The van der Waals surface area contributed by atoms with Gasteiger partial charge in [-0.2, -0.15) is 0 Å². The van der Waals surface area contributed by atoms with E-state index in [9.17, 15) is 0 Å². The lowest BCUT2D eigenvalue weighted by Gasteiger charge is -2.42. The van der Waals surface area contributed by atoms with Crippen LogP contribution in [0.15, 0.2) is 0 Å². The van der Waals surface area contributed by atoms with Gasteiger partial charge in [0.1, 0.15) is 0 Å². The van der Waals surface area contributed by atoms with Gasteiger partial charge in [-0.15, -0.1) is 0 Å². The van der Waals surface area contributed by atoms with E-state index in [2.05, 4.69) is 44.8 Å². The zero-order valence-corrected chi connectivity index (χ0v) is 12.5. The van der Waals surface area contributed by atoms with Gasteiger partial charge in [0, 0.05) is 18.6 Å². The summed E-state index contributed by atoms with van der Waals surface area (Å²) in [7, 11) is 0. The molecule has 2 heteroatoms. The highest BCUT2D eigenvalue weighted by molar-refractivity contribution is 4.86. The molecule has 0 aromatic rings. The Hall–Kier alpha value is -0.0800. The molecule has 3 atom stereocenters. The third-order valence-electron chi connectivity index (χ3n) is 4.25. The van der Waals surface area contributed by atoms with Crippen molar-refractivity contribution in [3.8, 4) is 0 Å². The fourth-order valence-electron chi connectivity index (χ4n) is 3.26. The summed E-state index contributed by atoms with van der Waals surface area (Å²) in [6.07, 6.45) is 3.86. The van der Waals surface area contributed by atoms with E-state index in [1.807, 2.05) is 0 Å². The van der Waals surface area contributed by atoms with E-state index >= 15 is 0 Å². The van der Waals surface area contributed by atoms with Crippen LogP contribution in [-0.2, 0) is 0 Å². The van der Waals surface area contributed by atoms with E-state index in [4.69, 9.17) is 0 Å². The maximum absolute atomic E-state index is 3.70. The summed E-state index contributed by atoms with van der Waals surface area (Å²) < 4.78 is 0. The Morgan fingerprint density at radius 3 is 2.47 bits per heavy atom. The molecule has 0 aromatic heterocycles. The van der Waals surface area contributed by atoms with Crippen LogP contribution in [0.25, 0.3) is 0 Å². The summed E-state index contributed by atoms with van der Waals surface area (Å²) in [6.45, 7) is 15.4. The summed E-state index contributed by atoms with van der Waals surface area (Å²) >= 11 is 0. The van der Waals surface area contributed by atoms with Crippen LogP contribution in [0.2, 0.25) is 0 Å². The van der Waals surface area contributed by atoms with Crippen molar-refractivity contribution in [2.24, 2.45) is 11.8 Å². The van der Waals surface area contributed by atoms with Crippen molar-refractivity contribution in [3.63, 3.8) is 0 Å². The Morgan fingerprint density at radius 2 is 2.00 bits per heavy atom. The van der Waals surface area contributed by atoms with Crippen LogP contribution in [0.5, 0.6) is 0 Å². The molecule has 0 spiro atoms. The molecular weight excluding hydrogens is 208 g/mol. The maximum atomic E-state index is 3.70. The van der Waals surface area contributed by atoms with Gasteiger partial charge in [-0.1, -0.05) is 34.6 Å². The monoisotopic (exact) mass is 240 g/mol. The number of likely N-dealkylation sites (tertiary alicyclic amines) is 1. The van der Waals surface area contributed by atoms with E-state index in [1.54, 1.807) is 0 Å². The molecule has 1 N–H and O–H groups in total. The molecule has 1 rings (SSSR count). The van der Waals surface area contributed by atoms with E-state index in [0.717, 1.165) is 23.9 Å². The lowest BCUT2D eigenvalue weighted by Crippen LogP contribution is -2.52. The quantitative estimate of drug-likeness (QED) is 0.767. The summed E-state index contributed by atoms with van der Waals surface area (Å²) in [5.41, 5.74) is 0. The SMILES string of the molecule is CCCNC1CCN(C(CC)C(C)C)CC1C. The van der Waals surface area contributed by atoms with Gasteiger partial charge in [-0.05, 0) is 44.2 Å². The standard InChI is InChI=1S/C15H32N2/c1-6-9-16-14-8-10-17(11-13(14)5)15(7-2)12(3)4/h12-16H,6-11H2,1-5H3. The van der Waals surface area contributed by atoms with Gasteiger partial charge in [-0.25, -0.2) is 0 Å². The van der Waals surface area contributed by atoms with E-state index in [-0.39, 0.29) is 0 Å². The molecule has 1 saturated heterocycles. The number of nitrogens with zero attached hydrogens (tertiary/aromatic N) is 1. The average molecular weight is 240 g/mol. The summed E-state index contributed by atoms with van der Waals surface area (Å²) in [6, 6.07) is 1.53. The largest absolute Gasteiger partial charge is 0.314 e. The molecular formula is C15H32N2. The predicted molar refractivity (Wildman–Crippen MR) is 76.4 cm³/mol. The molecule has 0 saturated carbocycles. The van der Waals surface area contributed by atoms with Crippen LogP contribution < -0.4 is 5.32 Å². The van der Waals surface area contributed by atoms with E-state index in [1.165, 1.54) is 38.9 Å². The van der Waals surface area contributed by atoms with Gasteiger partial charge in [0.2, 0.25) is 0 Å². The van der Waals surface area contributed by atoms with Gasteiger partial charge in [0.25, 0.3) is 0 Å². The maximum Gasteiger partial charge on any atom is 0.0117 e. The van der Waals surface area contributed by atoms with Gasteiger partial charge in [0.15, 0.2) is 0 Å². The molecule has 102 valence electrons. The van der Waals surface area contributed by atoms with Crippen molar-refractivity contribution >= 4 is 0 Å². The van der Waals surface area contributed by atoms with Crippen LogP contribution in [0.4, 0.5) is 0 Å². The van der Waals surface area contributed by atoms with Gasteiger partial charge in [-0.3, -0.25) is 4.90 Å². The molecule has 2 nitrogen and oxygen atoms in total. The molecule has 1 fully saturated rings. The Balaban J connectivity index is 2.45. The highest BCUT2D eigenvalue weighted by atomic mass is 15.2. The van der Waals surface area contributed by atoms with E-state index < -0.39 is 0 Å². The molecule has 1 heterocycles. The molecule has 0 radical (unpaired) electrons. The van der Waals surface area contributed by atoms with Gasteiger partial charge >= 0.3 is 0 Å². The number of nitrogens with one attached hydrogen (secondary N) is 1. The minimum Gasteiger partial charge on any atom is -0.314 e. The van der Waals surface area contributed by atoms with Crippen molar-refractivity contribution in [1.29, 1.82) is 0 Å². The zero-order chi connectivity index (χ0) is 12.8. The molecule has 1 aliphatic rings. The highest BCUT2D eigenvalue weighted by Gasteiger charge is 2.29. The van der Waals surface area contributed by atoms with Crippen molar-refractivity contribution < 1.29 is 0 Å². The Morgan fingerprint density at radius 1 is 1.29 bits per heavy atom. The normalized spacial score (nSPS) is 28.6. The first-order valence-electron chi connectivity index (χ1n) is 7.57. The number of rotatable bonds is 6. The van der Waals surface area contributed by atoms with Gasteiger partial charge in [0.05, 0.1) is 0 Å². The van der Waals surface area contributed by atoms with Crippen LogP contribution in [-0.4, -0.2) is 36.6 Å². The fraction of sp³-hybridized carbons (Fsp3) is 1.00. The number of hydrogen-bond acceptors (Lipinski definition) is 2. The number of hydrogen-bond donors (Lipinski definition) is 1. The lowest BCUT2D eigenvalue weighted by molar-refractivity contribution is 0.0786. The zero-order valence-electron chi connectivity index (χ0n) is 12.5. The van der Waals surface area contributed by atoms with Crippen LogP contribution in [0, 0.1) is 11.8 Å². The molecule has 0 amide bonds. The minimum absolute atomic E-state index is 0.746. The van der Waals surface area contributed by atoms with Gasteiger partial charge < -0.3 is 5.32 Å². The summed E-state index contributed by atoms with van der Waals surface area (Å²) in [5, 5.41) is 3.70. The summed E-state index contributed by atoms with van der Waals surface area (Å²) in [5.74, 6) is 1.58.